The minimum Gasteiger partial charge on any atom is -0.411 e. The summed E-state index contributed by atoms with van der Waals surface area (Å²) in [6.45, 7) is 1.87. The average Bonchev–Trinajstić information content (AvgIpc) is 2.52. The second kappa shape index (κ2) is 6.10. The maximum atomic E-state index is 12.6. The summed E-state index contributed by atoms with van der Waals surface area (Å²) in [7, 11) is 0. The molecule has 1 aromatic carbocycles. The number of hydrogen-bond donors (Lipinski definition) is 2. The van der Waals surface area contributed by atoms with E-state index in [-0.39, 0.29) is 11.1 Å². The fraction of sp³-hybridized carbons (Fsp3) is 0.0625. The van der Waals surface area contributed by atoms with Gasteiger partial charge in [0.2, 0.25) is 0 Å². The fourth-order valence-electron chi connectivity index (χ4n) is 2.28. The maximum Gasteiger partial charge on any atom is 0.269 e. The van der Waals surface area contributed by atoms with Crippen LogP contribution in [0.3, 0.4) is 0 Å². The number of oxime groups is 1. The van der Waals surface area contributed by atoms with Crippen LogP contribution in [0.25, 0.3) is 5.65 Å². The molecule has 0 saturated heterocycles. The Morgan fingerprint density at radius 2 is 2.17 bits per heavy atom. The third-order valence-electron chi connectivity index (χ3n) is 3.36. The Balaban J connectivity index is 2.24. The molecule has 0 aliphatic rings. The van der Waals surface area contributed by atoms with Gasteiger partial charge in [0, 0.05) is 16.9 Å². The molecule has 0 fully saturated rings. The number of aryl methyl sites for hydroxylation is 1. The first-order valence-electron chi connectivity index (χ1n) is 6.82. The lowest BCUT2D eigenvalue weighted by atomic mass is 10.2. The number of nitrogens with zero attached hydrogens (tertiary/aromatic N) is 3. The molecule has 0 aliphatic carbocycles. The molecule has 2 heterocycles. The van der Waals surface area contributed by atoms with E-state index in [0.29, 0.717) is 22.2 Å². The van der Waals surface area contributed by atoms with E-state index < -0.39 is 0 Å². The molecule has 2 aromatic heterocycles. The number of nitrogens with one attached hydrogen (secondary N) is 1. The Hall–Kier alpha value is -2.86. The Labute approximate surface area is 136 Å². The van der Waals surface area contributed by atoms with Crippen LogP contribution in [-0.4, -0.2) is 20.8 Å². The molecule has 0 unspecified atom stereocenters. The highest BCUT2D eigenvalue weighted by Gasteiger charge is 2.13. The predicted octanol–water partition coefficient (Wildman–Crippen LogP) is 3.21. The summed E-state index contributed by atoms with van der Waals surface area (Å²) in [5.41, 5.74) is 1.87. The SMILES string of the molecule is Cc1cccn2c(=O)c(/C=N/O)c(Nc3cccc(Cl)c3)nc12. The Morgan fingerprint density at radius 3 is 2.91 bits per heavy atom. The Bertz CT molecular complexity index is 966. The first-order valence-corrected chi connectivity index (χ1v) is 7.20. The molecule has 0 spiro atoms. The van der Waals surface area contributed by atoms with Gasteiger partial charge in [-0.15, -0.1) is 0 Å². The molecule has 0 bridgehead atoms. The fourth-order valence-corrected chi connectivity index (χ4v) is 2.47. The molecule has 0 radical (unpaired) electrons. The molecule has 0 atom stereocenters. The minimum absolute atomic E-state index is 0.149. The van der Waals surface area contributed by atoms with Gasteiger partial charge in [-0.05, 0) is 36.8 Å². The van der Waals surface area contributed by atoms with Crippen LogP contribution in [0.15, 0.2) is 52.5 Å². The smallest absolute Gasteiger partial charge is 0.269 e. The molecule has 6 nitrogen and oxygen atoms in total. The van der Waals surface area contributed by atoms with Gasteiger partial charge < -0.3 is 10.5 Å². The number of aromatic nitrogens is 2. The van der Waals surface area contributed by atoms with Crippen molar-refractivity contribution in [2.45, 2.75) is 6.92 Å². The van der Waals surface area contributed by atoms with Crippen LogP contribution < -0.4 is 10.9 Å². The number of hydrogen-bond acceptors (Lipinski definition) is 5. The zero-order chi connectivity index (χ0) is 16.4. The van der Waals surface area contributed by atoms with E-state index in [1.807, 2.05) is 13.0 Å². The highest BCUT2D eigenvalue weighted by molar-refractivity contribution is 6.30. The van der Waals surface area contributed by atoms with Crippen molar-refractivity contribution < 1.29 is 5.21 Å². The molecule has 0 aliphatic heterocycles. The summed E-state index contributed by atoms with van der Waals surface area (Å²) >= 11 is 5.97. The van der Waals surface area contributed by atoms with Crippen LogP contribution in [0.2, 0.25) is 5.02 Å². The normalized spacial score (nSPS) is 11.2. The van der Waals surface area contributed by atoms with E-state index in [0.717, 1.165) is 11.8 Å². The monoisotopic (exact) mass is 328 g/mol. The Kier molecular flexibility index (Phi) is 3.99. The molecule has 7 heteroatoms. The zero-order valence-corrected chi connectivity index (χ0v) is 12.9. The first kappa shape index (κ1) is 15.1. The third-order valence-corrected chi connectivity index (χ3v) is 3.59. The molecule has 116 valence electrons. The average molecular weight is 329 g/mol. The topological polar surface area (TPSA) is 79.0 Å². The second-order valence-electron chi connectivity index (χ2n) is 4.94. The molecular weight excluding hydrogens is 316 g/mol. The first-order chi connectivity index (χ1) is 11.1. The van der Waals surface area contributed by atoms with Gasteiger partial charge in [0.05, 0.1) is 6.21 Å². The molecule has 2 N–H and O–H groups in total. The zero-order valence-electron chi connectivity index (χ0n) is 12.2. The predicted molar refractivity (Wildman–Crippen MR) is 90.3 cm³/mol. The molecule has 0 amide bonds. The number of fused-ring (bicyclic) bond motifs is 1. The lowest BCUT2D eigenvalue weighted by molar-refractivity contribution is 0.322. The van der Waals surface area contributed by atoms with Crippen molar-refractivity contribution in [3.63, 3.8) is 0 Å². The lowest BCUT2D eigenvalue weighted by Gasteiger charge is -2.11. The van der Waals surface area contributed by atoms with Gasteiger partial charge in [-0.3, -0.25) is 9.20 Å². The van der Waals surface area contributed by atoms with Crippen LogP contribution in [0, 0.1) is 6.92 Å². The summed E-state index contributed by atoms with van der Waals surface area (Å²) < 4.78 is 1.41. The van der Waals surface area contributed by atoms with Gasteiger partial charge in [0.15, 0.2) is 0 Å². The molecule has 0 saturated carbocycles. The highest BCUT2D eigenvalue weighted by atomic mass is 35.5. The van der Waals surface area contributed by atoms with Crippen molar-refractivity contribution in [2.24, 2.45) is 5.16 Å². The van der Waals surface area contributed by atoms with Gasteiger partial charge in [0.1, 0.15) is 17.0 Å². The van der Waals surface area contributed by atoms with E-state index in [2.05, 4.69) is 15.5 Å². The van der Waals surface area contributed by atoms with Gasteiger partial charge in [-0.2, -0.15) is 0 Å². The lowest BCUT2D eigenvalue weighted by Crippen LogP contribution is -2.22. The van der Waals surface area contributed by atoms with Crippen LogP contribution in [0.1, 0.15) is 11.1 Å². The molecule has 3 rings (SSSR count). The summed E-state index contributed by atoms with van der Waals surface area (Å²) in [5, 5.41) is 15.4. The quantitative estimate of drug-likeness (QED) is 0.439. The van der Waals surface area contributed by atoms with Crippen molar-refractivity contribution in [3.8, 4) is 0 Å². The Morgan fingerprint density at radius 1 is 1.35 bits per heavy atom. The summed E-state index contributed by atoms with van der Waals surface area (Å²) in [6.07, 6.45) is 2.69. The van der Waals surface area contributed by atoms with Crippen LogP contribution >= 0.6 is 11.6 Å². The minimum atomic E-state index is -0.332. The van der Waals surface area contributed by atoms with Crippen molar-refractivity contribution in [1.82, 2.24) is 9.38 Å². The van der Waals surface area contributed by atoms with Gasteiger partial charge >= 0.3 is 0 Å². The van der Waals surface area contributed by atoms with Gasteiger partial charge in [-0.1, -0.05) is 28.9 Å². The summed E-state index contributed by atoms with van der Waals surface area (Å²) in [6, 6.07) is 10.7. The second-order valence-corrected chi connectivity index (χ2v) is 5.38. The standard InChI is InChI=1S/C16H13ClN4O2/c1-10-4-3-7-21-15(10)20-14(13(9-18-23)16(21)22)19-12-6-2-5-11(17)8-12/h2-9,19,23H,1H3/b18-9+. The molecule has 23 heavy (non-hydrogen) atoms. The summed E-state index contributed by atoms with van der Waals surface area (Å²) in [5.74, 6) is 0.296. The molecular formula is C16H13ClN4O2. The van der Waals surface area contributed by atoms with Crippen LogP contribution in [0.4, 0.5) is 11.5 Å². The van der Waals surface area contributed by atoms with E-state index in [1.54, 1.807) is 36.5 Å². The third kappa shape index (κ3) is 2.89. The van der Waals surface area contributed by atoms with Gasteiger partial charge in [-0.25, -0.2) is 4.98 Å². The maximum absolute atomic E-state index is 12.6. The summed E-state index contributed by atoms with van der Waals surface area (Å²) in [4.78, 5) is 17.1. The number of benzene rings is 1. The van der Waals surface area contributed by atoms with Crippen molar-refractivity contribution in [1.29, 1.82) is 0 Å². The van der Waals surface area contributed by atoms with Gasteiger partial charge in [0.25, 0.3) is 5.56 Å². The van der Waals surface area contributed by atoms with E-state index in [1.165, 1.54) is 4.40 Å². The van der Waals surface area contributed by atoms with E-state index in [4.69, 9.17) is 16.8 Å². The molecule has 3 aromatic rings. The number of rotatable bonds is 3. The van der Waals surface area contributed by atoms with Crippen LogP contribution in [-0.2, 0) is 0 Å². The highest BCUT2D eigenvalue weighted by Crippen LogP contribution is 2.21. The van der Waals surface area contributed by atoms with Crippen molar-refractivity contribution in [2.75, 3.05) is 5.32 Å². The van der Waals surface area contributed by atoms with Crippen LogP contribution in [0.5, 0.6) is 0 Å². The largest absolute Gasteiger partial charge is 0.411 e. The van der Waals surface area contributed by atoms with E-state index >= 15 is 0 Å². The van der Waals surface area contributed by atoms with Crippen molar-refractivity contribution in [3.05, 3.63) is 69.1 Å². The number of halogens is 1. The number of anilines is 2. The number of pyridine rings is 1. The van der Waals surface area contributed by atoms with E-state index in [9.17, 15) is 4.79 Å². The van der Waals surface area contributed by atoms with Crippen molar-refractivity contribution >= 4 is 35.0 Å².